The van der Waals surface area contributed by atoms with E-state index in [0.717, 1.165) is 42.8 Å². The van der Waals surface area contributed by atoms with E-state index in [2.05, 4.69) is 0 Å². The van der Waals surface area contributed by atoms with E-state index in [0.29, 0.717) is 19.1 Å². The zero-order valence-electron chi connectivity index (χ0n) is 15.3. The van der Waals surface area contributed by atoms with E-state index in [4.69, 9.17) is 15.2 Å². The third kappa shape index (κ3) is 5.13. The summed E-state index contributed by atoms with van der Waals surface area (Å²) >= 11 is 0. The first-order chi connectivity index (χ1) is 11.3. The molecule has 24 heavy (non-hydrogen) atoms. The van der Waals surface area contributed by atoms with Crippen molar-refractivity contribution in [3.8, 4) is 5.75 Å². The average molecular weight is 334 g/mol. The van der Waals surface area contributed by atoms with Gasteiger partial charge in [-0.1, -0.05) is 18.2 Å². The summed E-state index contributed by atoms with van der Waals surface area (Å²) in [6.45, 7) is 10.3. The highest BCUT2D eigenvalue weighted by atomic mass is 16.6. The molecule has 1 saturated heterocycles. The molecule has 0 aliphatic carbocycles. The van der Waals surface area contributed by atoms with Gasteiger partial charge in [0, 0.05) is 25.2 Å². The van der Waals surface area contributed by atoms with E-state index in [1.54, 1.807) is 4.90 Å². The number of carbonyl (C=O) groups is 1. The van der Waals surface area contributed by atoms with Crippen LogP contribution in [-0.4, -0.2) is 36.3 Å². The quantitative estimate of drug-likeness (QED) is 0.915. The van der Waals surface area contributed by atoms with Crippen molar-refractivity contribution in [3.05, 3.63) is 29.3 Å². The molecule has 0 aromatic heterocycles. The number of benzene rings is 1. The van der Waals surface area contributed by atoms with E-state index >= 15 is 0 Å². The third-order valence-electron chi connectivity index (χ3n) is 4.24. The average Bonchev–Trinajstić information content (AvgIpc) is 2.52. The molecule has 0 unspecified atom stereocenters. The van der Waals surface area contributed by atoms with Crippen LogP contribution in [0.1, 0.15) is 44.7 Å². The molecule has 1 heterocycles. The van der Waals surface area contributed by atoms with Crippen molar-refractivity contribution in [1.29, 1.82) is 0 Å². The summed E-state index contributed by atoms with van der Waals surface area (Å²) in [6.07, 6.45) is 1.65. The van der Waals surface area contributed by atoms with Gasteiger partial charge in [0.2, 0.25) is 0 Å². The number of rotatable bonds is 4. The van der Waals surface area contributed by atoms with Gasteiger partial charge in [-0.3, -0.25) is 0 Å². The SMILES string of the molecule is Cc1cccc(CN)c1OCC1CCN(C(=O)OC(C)(C)C)CC1. The normalized spacial score (nSPS) is 16.1. The Labute approximate surface area is 145 Å². The molecule has 2 rings (SSSR count). The second-order valence-corrected chi connectivity index (χ2v) is 7.49. The molecule has 1 aliphatic rings. The van der Waals surface area contributed by atoms with Crippen LogP contribution >= 0.6 is 0 Å². The Hall–Kier alpha value is -1.75. The summed E-state index contributed by atoms with van der Waals surface area (Å²) in [6, 6.07) is 6.05. The second kappa shape index (κ2) is 7.88. The van der Waals surface area contributed by atoms with Crippen molar-refractivity contribution >= 4 is 6.09 Å². The first kappa shape index (κ1) is 18.6. The number of piperidine rings is 1. The van der Waals surface area contributed by atoms with Crippen molar-refractivity contribution in [2.75, 3.05) is 19.7 Å². The van der Waals surface area contributed by atoms with Crippen LogP contribution in [0.15, 0.2) is 18.2 Å². The standard InChI is InChI=1S/C19H30N2O3/c1-14-6-5-7-16(12-20)17(14)23-13-15-8-10-21(11-9-15)18(22)24-19(2,3)4/h5-7,15H,8-13,20H2,1-4H3. The van der Waals surface area contributed by atoms with Gasteiger partial charge in [-0.15, -0.1) is 0 Å². The van der Waals surface area contributed by atoms with Crippen molar-refractivity contribution in [2.24, 2.45) is 11.7 Å². The van der Waals surface area contributed by atoms with Gasteiger partial charge in [-0.2, -0.15) is 0 Å². The maximum Gasteiger partial charge on any atom is 0.410 e. The van der Waals surface area contributed by atoms with Crippen LogP contribution in [0.5, 0.6) is 5.75 Å². The van der Waals surface area contributed by atoms with E-state index in [9.17, 15) is 4.79 Å². The van der Waals surface area contributed by atoms with Crippen LogP contribution in [0.3, 0.4) is 0 Å². The van der Waals surface area contributed by atoms with Gasteiger partial charge in [0.25, 0.3) is 0 Å². The van der Waals surface area contributed by atoms with Crippen LogP contribution in [-0.2, 0) is 11.3 Å². The summed E-state index contributed by atoms with van der Waals surface area (Å²) in [4.78, 5) is 13.9. The first-order valence-corrected chi connectivity index (χ1v) is 8.69. The summed E-state index contributed by atoms with van der Waals surface area (Å²) in [5.74, 6) is 1.36. The van der Waals surface area contributed by atoms with E-state index in [1.165, 1.54) is 0 Å². The van der Waals surface area contributed by atoms with Crippen LogP contribution in [0.25, 0.3) is 0 Å². The number of hydrogen-bond donors (Lipinski definition) is 1. The Morgan fingerprint density at radius 1 is 1.29 bits per heavy atom. The van der Waals surface area contributed by atoms with Crippen molar-refractivity contribution in [1.82, 2.24) is 4.90 Å². The fourth-order valence-corrected chi connectivity index (χ4v) is 2.89. The molecule has 0 saturated carbocycles. The topological polar surface area (TPSA) is 64.8 Å². The molecule has 1 fully saturated rings. The number of hydrogen-bond acceptors (Lipinski definition) is 4. The summed E-state index contributed by atoms with van der Waals surface area (Å²) in [5, 5.41) is 0. The minimum absolute atomic E-state index is 0.216. The van der Waals surface area contributed by atoms with Crippen molar-refractivity contribution in [2.45, 2.75) is 52.7 Å². The number of para-hydroxylation sites is 1. The van der Waals surface area contributed by atoms with E-state index in [-0.39, 0.29) is 6.09 Å². The van der Waals surface area contributed by atoms with Crippen LogP contribution in [0.2, 0.25) is 0 Å². The maximum atomic E-state index is 12.1. The predicted octanol–water partition coefficient (Wildman–Crippen LogP) is 3.48. The van der Waals surface area contributed by atoms with Gasteiger partial charge >= 0.3 is 6.09 Å². The molecule has 0 spiro atoms. The van der Waals surface area contributed by atoms with Gasteiger partial charge in [0.05, 0.1) is 6.61 Å². The Kier molecular flexibility index (Phi) is 6.10. The third-order valence-corrected chi connectivity index (χ3v) is 4.24. The molecule has 0 radical (unpaired) electrons. The van der Waals surface area contributed by atoms with Crippen LogP contribution in [0.4, 0.5) is 4.79 Å². The van der Waals surface area contributed by atoms with Gasteiger partial charge in [-0.25, -0.2) is 4.79 Å². The smallest absolute Gasteiger partial charge is 0.410 e. The number of nitrogens with zero attached hydrogens (tertiary/aromatic N) is 1. The molecule has 134 valence electrons. The molecular formula is C19H30N2O3. The highest BCUT2D eigenvalue weighted by Gasteiger charge is 2.27. The molecule has 1 aromatic rings. The molecular weight excluding hydrogens is 304 g/mol. The molecule has 0 bridgehead atoms. The largest absolute Gasteiger partial charge is 0.493 e. The van der Waals surface area contributed by atoms with Crippen molar-refractivity contribution in [3.63, 3.8) is 0 Å². The number of carbonyl (C=O) groups excluding carboxylic acids is 1. The molecule has 1 amide bonds. The lowest BCUT2D eigenvalue weighted by atomic mass is 9.98. The number of nitrogens with two attached hydrogens (primary N) is 1. The van der Waals surface area contributed by atoms with Gasteiger partial charge in [0.15, 0.2) is 0 Å². The highest BCUT2D eigenvalue weighted by molar-refractivity contribution is 5.68. The molecule has 0 atom stereocenters. The fourth-order valence-electron chi connectivity index (χ4n) is 2.89. The number of aryl methyl sites for hydroxylation is 1. The monoisotopic (exact) mass is 334 g/mol. The number of amides is 1. The lowest BCUT2D eigenvalue weighted by molar-refractivity contribution is 0.0164. The predicted molar refractivity (Wildman–Crippen MR) is 95.1 cm³/mol. The molecule has 5 nitrogen and oxygen atoms in total. The summed E-state index contributed by atoms with van der Waals surface area (Å²) in [7, 11) is 0. The Morgan fingerprint density at radius 3 is 2.54 bits per heavy atom. The number of likely N-dealkylation sites (tertiary alicyclic amines) is 1. The number of ether oxygens (including phenoxy) is 2. The van der Waals surface area contributed by atoms with Crippen LogP contribution in [0, 0.1) is 12.8 Å². The van der Waals surface area contributed by atoms with E-state index < -0.39 is 5.60 Å². The molecule has 1 aliphatic heterocycles. The Balaban J connectivity index is 1.83. The molecule has 1 aromatic carbocycles. The van der Waals surface area contributed by atoms with Crippen molar-refractivity contribution < 1.29 is 14.3 Å². The summed E-state index contributed by atoms with van der Waals surface area (Å²) in [5.41, 5.74) is 7.51. The summed E-state index contributed by atoms with van der Waals surface area (Å²) < 4.78 is 11.5. The van der Waals surface area contributed by atoms with Gasteiger partial charge < -0.3 is 20.1 Å². The fraction of sp³-hybridized carbons (Fsp3) is 0.632. The van der Waals surface area contributed by atoms with Gasteiger partial charge in [-0.05, 0) is 52.0 Å². The zero-order valence-corrected chi connectivity index (χ0v) is 15.3. The molecule has 5 heteroatoms. The zero-order chi connectivity index (χ0) is 17.7. The second-order valence-electron chi connectivity index (χ2n) is 7.49. The van der Waals surface area contributed by atoms with Gasteiger partial charge in [0.1, 0.15) is 11.4 Å². The first-order valence-electron chi connectivity index (χ1n) is 8.69. The Morgan fingerprint density at radius 2 is 1.96 bits per heavy atom. The Bertz CT molecular complexity index is 558. The highest BCUT2D eigenvalue weighted by Crippen LogP contribution is 2.26. The minimum atomic E-state index is -0.444. The molecule has 2 N–H and O–H groups in total. The lowest BCUT2D eigenvalue weighted by Gasteiger charge is -2.33. The van der Waals surface area contributed by atoms with E-state index in [1.807, 2.05) is 45.9 Å². The minimum Gasteiger partial charge on any atom is -0.493 e. The maximum absolute atomic E-state index is 12.1. The lowest BCUT2D eigenvalue weighted by Crippen LogP contribution is -2.42. The van der Waals surface area contributed by atoms with Crippen LogP contribution < -0.4 is 10.5 Å².